The van der Waals surface area contributed by atoms with Crippen LogP contribution in [-0.4, -0.2) is 22.2 Å². The summed E-state index contributed by atoms with van der Waals surface area (Å²) >= 11 is 0. The predicted molar refractivity (Wildman–Crippen MR) is 49.7 cm³/mol. The summed E-state index contributed by atoms with van der Waals surface area (Å²) in [7, 11) is 0. The minimum absolute atomic E-state index is 0. The number of carboxylic acid groups (broad SMARTS) is 2. The third-order valence-corrected chi connectivity index (χ3v) is 2.54. The average Bonchev–Trinajstić information content (AvgIpc) is 1.83. The Morgan fingerprint density at radius 1 is 1.13 bits per heavy atom. The van der Waals surface area contributed by atoms with Gasteiger partial charge < -0.3 is 13.1 Å². The van der Waals surface area contributed by atoms with Crippen LogP contribution in [0, 0.1) is 10.8 Å². The van der Waals surface area contributed by atoms with E-state index in [0.29, 0.717) is 0 Å². The van der Waals surface area contributed by atoms with Gasteiger partial charge in [-0.2, -0.15) is 0 Å². The van der Waals surface area contributed by atoms with Gasteiger partial charge in [0, 0.05) is 0 Å². The molecule has 0 radical (unpaired) electrons. The first-order chi connectivity index (χ1) is 5.70. The fourth-order valence-corrected chi connectivity index (χ4v) is 1.57. The molecule has 0 aliphatic heterocycles. The van der Waals surface area contributed by atoms with Crippen molar-refractivity contribution in [3.8, 4) is 0 Å². The maximum Gasteiger partial charge on any atom is 1.00 e. The first-order valence-corrected chi connectivity index (χ1v) is 4.17. The summed E-state index contributed by atoms with van der Waals surface area (Å²) < 4.78 is 0. The van der Waals surface area contributed by atoms with Crippen molar-refractivity contribution in [2.24, 2.45) is 10.8 Å². The molecular weight excluding hydrogens is 202 g/mol. The molecule has 0 saturated heterocycles. The molecule has 2 N–H and O–H groups in total. The van der Waals surface area contributed by atoms with E-state index < -0.39 is 22.8 Å². The molecule has 0 aromatic rings. The molecular formula is C9H18LiNaO4. The Hall–Kier alpha value is 0.537. The molecule has 0 atom stereocenters. The number of rotatable bonds is 3. The molecule has 4 nitrogen and oxygen atoms in total. The fraction of sp³-hybridized carbons (Fsp3) is 0.778. The molecule has 0 heterocycles. The van der Waals surface area contributed by atoms with E-state index in [1.807, 2.05) is 0 Å². The van der Waals surface area contributed by atoms with E-state index in [1.54, 1.807) is 27.7 Å². The van der Waals surface area contributed by atoms with Crippen molar-refractivity contribution in [1.29, 1.82) is 0 Å². The van der Waals surface area contributed by atoms with Crippen LogP contribution in [0.1, 0.15) is 37.0 Å². The van der Waals surface area contributed by atoms with Gasteiger partial charge in [0.1, 0.15) is 0 Å². The Kier molecular flexibility index (Phi) is 9.72. The molecule has 0 saturated carbocycles. The van der Waals surface area contributed by atoms with Crippen molar-refractivity contribution >= 4 is 11.9 Å². The number of carbonyl (C=O) groups is 2. The summed E-state index contributed by atoms with van der Waals surface area (Å²) in [6.45, 7) is 6.45. The molecule has 15 heavy (non-hydrogen) atoms. The first kappa shape index (κ1) is 20.9. The Morgan fingerprint density at radius 2 is 1.40 bits per heavy atom. The van der Waals surface area contributed by atoms with Gasteiger partial charge in [0.05, 0.1) is 0 Å². The number of hydrogen-bond donors (Lipinski definition) is 2. The van der Waals surface area contributed by atoms with Crippen LogP contribution in [0.4, 0.5) is 0 Å². The van der Waals surface area contributed by atoms with Gasteiger partial charge in [-0.3, -0.25) is 9.59 Å². The quantitative estimate of drug-likeness (QED) is 0.374. The van der Waals surface area contributed by atoms with Gasteiger partial charge in [-0.05, 0) is 11.8 Å². The number of aliphatic carboxylic acids is 2. The zero-order valence-electron chi connectivity index (χ0n) is 12.4. The van der Waals surface area contributed by atoms with Crippen LogP contribution in [-0.2, 0) is 9.59 Å². The van der Waals surface area contributed by atoms with Gasteiger partial charge in [0.15, 0.2) is 5.41 Å². The van der Waals surface area contributed by atoms with E-state index in [9.17, 15) is 9.59 Å². The predicted octanol–water partition coefficient (Wildman–Crippen LogP) is -4.17. The van der Waals surface area contributed by atoms with E-state index in [-0.39, 0.29) is 57.7 Å². The third-order valence-electron chi connectivity index (χ3n) is 2.54. The van der Waals surface area contributed by atoms with Crippen LogP contribution in [0.15, 0.2) is 0 Å². The van der Waals surface area contributed by atoms with Crippen molar-refractivity contribution in [2.75, 3.05) is 0 Å². The normalized spacial score (nSPS) is 10.9. The third kappa shape index (κ3) is 3.80. The van der Waals surface area contributed by atoms with Gasteiger partial charge in [-0.15, -0.1) is 0 Å². The average molecular weight is 220 g/mol. The minimum atomic E-state index is -1.69. The topological polar surface area (TPSA) is 74.6 Å². The Morgan fingerprint density at radius 3 is 1.40 bits per heavy atom. The van der Waals surface area contributed by atoms with Crippen LogP contribution in [0.3, 0.4) is 0 Å². The molecule has 0 aliphatic rings. The number of hydrogen-bond acceptors (Lipinski definition) is 2. The number of carboxylic acids is 2. The molecule has 0 aromatic carbocycles. The van der Waals surface area contributed by atoms with Crippen molar-refractivity contribution in [1.82, 2.24) is 0 Å². The maximum atomic E-state index is 11.0. The summed E-state index contributed by atoms with van der Waals surface area (Å²) in [5.41, 5.74) is -2.48. The Bertz CT molecular complexity index is 230. The summed E-state index contributed by atoms with van der Waals surface area (Å²) in [6, 6.07) is 0. The van der Waals surface area contributed by atoms with Crippen LogP contribution in [0.5, 0.6) is 0 Å². The molecule has 0 rings (SSSR count). The van der Waals surface area contributed by atoms with Crippen LogP contribution >= 0.6 is 0 Å². The summed E-state index contributed by atoms with van der Waals surface area (Å²) in [5, 5.41) is 17.9. The minimum Gasteiger partial charge on any atom is -1.00 e. The fourth-order valence-electron chi connectivity index (χ4n) is 1.57. The van der Waals surface area contributed by atoms with Crippen LogP contribution in [0.25, 0.3) is 0 Å². The van der Waals surface area contributed by atoms with E-state index in [2.05, 4.69) is 0 Å². The second kappa shape index (κ2) is 6.98. The van der Waals surface area contributed by atoms with E-state index in [4.69, 9.17) is 10.2 Å². The maximum absolute atomic E-state index is 11.0. The molecule has 0 aliphatic carbocycles. The molecule has 0 bridgehead atoms. The van der Waals surface area contributed by atoms with Crippen molar-refractivity contribution in [3.05, 3.63) is 0 Å². The van der Waals surface area contributed by atoms with Gasteiger partial charge >= 0.3 is 60.4 Å². The van der Waals surface area contributed by atoms with E-state index in [0.717, 1.165) is 0 Å². The Labute approximate surface area is 127 Å². The van der Waals surface area contributed by atoms with Crippen molar-refractivity contribution in [3.63, 3.8) is 0 Å². The monoisotopic (exact) mass is 220 g/mol. The first-order valence-electron chi connectivity index (χ1n) is 4.17. The summed E-state index contributed by atoms with van der Waals surface area (Å²) in [6.07, 6.45) is 0.0845. The van der Waals surface area contributed by atoms with Crippen LogP contribution in [0.2, 0.25) is 0 Å². The molecule has 80 valence electrons. The molecule has 0 aromatic heterocycles. The second-order valence-electron chi connectivity index (χ2n) is 4.12. The summed E-state index contributed by atoms with van der Waals surface area (Å²) in [4.78, 5) is 21.9. The van der Waals surface area contributed by atoms with Gasteiger partial charge in [-0.25, -0.2) is 0 Å². The van der Waals surface area contributed by atoms with Crippen molar-refractivity contribution in [2.45, 2.75) is 34.1 Å². The molecule has 0 spiro atoms. The second-order valence-corrected chi connectivity index (χ2v) is 4.12. The molecule has 0 amide bonds. The van der Waals surface area contributed by atoms with E-state index >= 15 is 0 Å². The van der Waals surface area contributed by atoms with Crippen LogP contribution < -0.4 is 48.4 Å². The largest absolute Gasteiger partial charge is 1.00 e. The smallest absolute Gasteiger partial charge is 1.00 e. The zero-order chi connectivity index (χ0) is 10.9. The van der Waals surface area contributed by atoms with Crippen molar-refractivity contribution < 1.29 is 71.1 Å². The molecule has 6 heteroatoms. The zero-order valence-corrected chi connectivity index (χ0v) is 12.4. The molecule has 0 unspecified atom stereocenters. The summed E-state index contributed by atoms with van der Waals surface area (Å²) in [5.74, 6) is -2.54. The van der Waals surface area contributed by atoms with Gasteiger partial charge in [0.25, 0.3) is 0 Å². The Balaban J connectivity index is -0.000000120. The standard InChI is InChI=1S/C9H16O4.Li.Na.2H/c1-5-9(6(10)11,7(12)13)8(2,3)4;;;;/h5H2,1-4H3,(H,10,11)(H,12,13);;;;/q;2*+1;2*-1. The van der Waals surface area contributed by atoms with Gasteiger partial charge in [-0.1, -0.05) is 27.7 Å². The SMILES string of the molecule is CCC(C(=O)O)(C(=O)O)C(C)(C)C.[H-].[H-].[Li+].[Na+]. The molecule has 0 fully saturated rings. The van der Waals surface area contributed by atoms with Gasteiger partial charge in [0.2, 0.25) is 0 Å². The van der Waals surface area contributed by atoms with E-state index in [1.165, 1.54) is 0 Å².